The van der Waals surface area contributed by atoms with Crippen molar-refractivity contribution in [2.45, 2.75) is 19.4 Å². The van der Waals surface area contributed by atoms with E-state index in [1.807, 2.05) is 22.9 Å². The lowest BCUT2D eigenvalue weighted by atomic mass is 10.1. The molecule has 0 aliphatic heterocycles. The molecule has 0 aliphatic carbocycles. The highest BCUT2D eigenvalue weighted by molar-refractivity contribution is 7.71. The summed E-state index contributed by atoms with van der Waals surface area (Å²) in [6, 6.07) is 10.4. The standard InChI is InChI=1S/C10H12N4S/c1-2-9(8-6-4-3-5-7-8)14-10(15)11-12-13-14/h3-7,9H,2H2,1H3,(H,11,13,15). The van der Waals surface area contributed by atoms with Gasteiger partial charge < -0.3 is 0 Å². The molecule has 0 aliphatic rings. The normalized spacial score (nSPS) is 12.6. The van der Waals surface area contributed by atoms with Crippen LogP contribution in [0.3, 0.4) is 0 Å². The van der Waals surface area contributed by atoms with Gasteiger partial charge in [-0.1, -0.05) is 47.6 Å². The van der Waals surface area contributed by atoms with Crippen LogP contribution in [0.4, 0.5) is 0 Å². The number of hydrogen-bond donors (Lipinski definition) is 1. The second-order valence-electron chi connectivity index (χ2n) is 3.29. The van der Waals surface area contributed by atoms with Gasteiger partial charge in [0.05, 0.1) is 6.04 Å². The van der Waals surface area contributed by atoms with Gasteiger partial charge in [-0.15, -0.1) is 0 Å². The zero-order valence-corrected chi connectivity index (χ0v) is 9.24. The smallest absolute Gasteiger partial charge is 0.235 e. The molecular weight excluding hydrogens is 208 g/mol. The van der Waals surface area contributed by atoms with Gasteiger partial charge in [-0.3, -0.25) is 0 Å². The number of H-pyrrole nitrogens is 1. The maximum absolute atomic E-state index is 5.09. The van der Waals surface area contributed by atoms with E-state index in [1.165, 1.54) is 5.56 Å². The summed E-state index contributed by atoms with van der Waals surface area (Å²) in [7, 11) is 0. The van der Waals surface area contributed by atoms with Crippen LogP contribution in [-0.2, 0) is 0 Å². The van der Waals surface area contributed by atoms with Gasteiger partial charge in [-0.2, -0.15) is 5.21 Å². The molecule has 0 saturated heterocycles. The molecule has 0 amide bonds. The number of aromatic nitrogens is 4. The molecule has 5 heteroatoms. The zero-order chi connectivity index (χ0) is 10.7. The van der Waals surface area contributed by atoms with Crippen LogP contribution in [-0.4, -0.2) is 20.2 Å². The first-order valence-corrected chi connectivity index (χ1v) is 5.28. The Morgan fingerprint density at radius 1 is 1.40 bits per heavy atom. The summed E-state index contributed by atoms with van der Waals surface area (Å²) in [4.78, 5) is 0. The van der Waals surface area contributed by atoms with E-state index >= 15 is 0 Å². The summed E-state index contributed by atoms with van der Waals surface area (Å²) in [5.74, 6) is 0. The topological polar surface area (TPSA) is 46.5 Å². The summed E-state index contributed by atoms with van der Waals surface area (Å²) in [6.07, 6.45) is 0.947. The van der Waals surface area contributed by atoms with Gasteiger partial charge >= 0.3 is 0 Å². The molecule has 78 valence electrons. The fourth-order valence-corrected chi connectivity index (χ4v) is 1.86. The van der Waals surface area contributed by atoms with E-state index in [4.69, 9.17) is 12.2 Å². The van der Waals surface area contributed by atoms with Crippen LogP contribution in [0.2, 0.25) is 0 Å². The first-order chi connectivity index (χ1) is 7.33. The average molecular weight is 220 g/mol. The average Bonchev–Trinajstić information content (AvgIpc) is 2.68. The Bertz CT molecular complexity index is 473. The van der Waals surface area contributed by atoms with Gasteiger partial charge in [-0.25, -0.2) is 4.68 Å². The second kappa shape index (κ2) is 4.35. The molecule has 4 nitrogen and oxygen atoms in total. The lowest BCUT2D eigenvalue weighted by Crippen LogP contribution is -2.11. The Kier molecular flexibility index (Phi) is 2.91. The van der Waals surface area contributed by atoms with Crippen molar-refractivity contribution in [1.82, 2.24) is 20.2 Å². The molecule has 0 bridgehead atoms. The lowest BCUT2D eigenvalue weighted by molar-refractivity contribution is 0.488. The van der Waals surface area contributed by atoms with Crippen molar-refractivity contribution in [3.05, 3.63) is 40.7 Å². The molecule has 2 aromatic rings. The van der Waals surface area contributed by atoms with Crippen molar-refractivity contribution < 1.29 is 0 Å². The van der Waals surface area contributed by atoms with Crippen molar-refractivity contribution in [1.29, 1.82) is 0 Å². The molecule has 0 fully saturated rings. The molecule has 0 radical (unpaired) electrons. The highest BCUT2D eigenvalue weighted by Crippen LogP contribution is 2.19. The van der Waals surface area contributed by atoms with E-state index in [9.17, 15) is 0 Å². The molecule has 1 heterocycles. The Morgan fingerprint density at radius 2 is 2.13 bits per heavy atom. The minimum Gasteiger partial charge on any atom is -0.235 e. The van der Waals surface area contributed by atoms with Crippen LogP contribution in [0, 0.1) is 4.77 Å². The van der Waals surface area contributed by atoms with E-state index < -0.39 is 0 Å². The molecule has 0 spiro atoms. The van der Waals surface area contributed by atoms with E-state index in [1.54, 1.807) is 0 Å². The van der Waals surface area contributed by atoms with Crippen LogP contribution < -0.4 is 0 Å². The van der Waals surface area contributed by atoms with Crippen LogP contribution in [0.1, 0.15) is 24.9 Å². The third kappa shape index (κ3) is 1.97. The van der Waals surface area contributed by atoms with Crippen LogP contribution in [0.15, 0.2) is 30.3 Å². The fourth-order valence-electron chi connectivity index (χ4n) is 1.65. The number of hydrogen-bond acceptors (Lipinski definition) is 3. The molecule has 15 heavy (non-hydrogen) atoms. The largest absolute Gasteiger partial charge is 0.238 e. The van der Waals surface area contributed by atoms with Crippen LogP contribution >= 0.6 is 12.2 Å². The molecule has 1 aromatic heterocycles. The fraction of sp³-hybridized carbons (Fsp3) is 0.300. The number of rotatable bonds is 3. The van der Waals surface area contributed by atoms with Gasteiger partial charge in [0.25, 0.3) is 0 Å². The summed E-state index contributed by atoms with van der Waals surface area (Å²) in [5.41, 5.74) is 1.21. The maximum Gasteiger partial charge on any atom is 0.238 e. The molecule has 1 aromatic carbocycles. The third-order valence-corrected chi connectivity index (χ3v) is 2.66. The molecule has 0 saturated carbocycles. The first kappa shape index (κ1) is 10.0. The van der Waals surface area contributed by atoms with Crippen molar-refractivity contribution in [2.24, 2.45) is 0 Å². The summed E-state index contributed by atoms with van der Waals surface area (Å²) >= 11 is 5.09. The van der Waals surface area contributed by atoms with Crippen LogP contribution in [0.5, 0.6) is 0 Å². The quantitative estimate of drug-likeness (QED) is 0.807. The zero-order valence-electron chi connectivity index (χ0n) is 8.42. The number of nitrogens with zero attached hydrogens (tertiary/aromatic N) is 3. The predicted octanol–water partition coefficient (Wildman–Crippen LogP) is 2.34. The van der Waals surface area contributed by atoms with Crippen LogP contribution in [0.25, 0.3) is 0 Å². The van der Waals surface area contributed by atoms with Gasteiger partial charge in [-0.05, 0) is 24.2 Å². The second-order valence-corrected chi connectivity index (χ2v) is 3.65. The molecule has 1 unspecified atom stereocenters. The van der Waals surface area contributed by atoms with E-state index in [2.05, 4.69) is 34.6 Å². The Balaban J connectivity index is 2.42. The summed E-state index contributed by atoms with van der Waals surface area (Å²) < 4.78 is 2.30. The Labute approximate surface area is 92.9 Å². The first-order valence-electron chi connectivity index (χ1n) is 4.87. The Morgan fingerprint density at radius 3 is 2.67 bits per heavy atom. The number of nitrogens with one attached hydrogen (secondary N) is 1. The van der Waals surface area contributed by atoms with E-state index in [0.717, 1.165) is 6.42 Å². The maximum atomic E-state index is 5.09. The molecule has 2 rings (SSSR count). The van der Waals surface area contributed by atoms with Gasteiger partial charge in [0.2, 0.25) is 4.77 Å². The van der Waals surface area contributed by atoms with E-state index in [-0.39, 0.29) is 6.04 Å². The Hall–Kier alpha value is -1.49. The third-order valence-electron chi connectivity index (χ3n) is 2.38. The molecule has 1 N–H and O–H groups in total. The highest BCUT2D eigenvalue weighted by Gasteiger charge is 2.12. The van der Waals surface area contributed by atoms with Gasteiger partial charge in [0.15, 0.2) is 0 Å². The minimum absolute atomic E-state index is 0.189. The molecular formula is C10H12N4S. The lowest BCUT2D eigenvalue weighted by Gasteiger charge is -2.15. The predicted molar refractivity (Wildman–Crippen MR) is 60.1 cm³/mol. The van der Waals surface area contributed by atoms with Crippen molar-refractivity contribution >= 4 is 12.2 Å². The summed E-state index contributed by atoms with van der Waals surface area (Å²) in [5, 5.41) is 10.3. The van der Waals surface area contributed by atoms with Gasteiger partial charge in [0.1, 0.15) is 0 Å². The number of benzene rings is 1. The number of tetrazole rings is 1. The summed E-state index contributed by atoms with van der Waals surface area (Å²) in [6.45, 7) is 2.11. The SMILES string of the molecule is CCC(c1ccccc1)n1[nH]nnc1=S. The van der Waals surface area contributed by atoms with Gasteiger partial charge in [0, 0.05) is 0 Å². The van der Waals surface area contributed by atoms with E-state index in [0.29, 0.717) is 4.77 Å². The number of aromatic amines is 1. The van der Waals surface area contributed by atoms with Crippen molar-refractivity contribution in [2.75, 3.05) is 0 Å². The molecule has 1 atom stereocenters. The van der Waals surface area contributed by atoms with Crippen molar-refractivity contribution in [3.8, 4) is 0 Å². The minimum atomic E-state index is 0.189. The highest BCUT2D eigenvalue weighted by atomic mass is 32.1. The monoisotopic (exact) mass is 220 g/mol. The van der Waals surface area contributed by atoms with Crippen molar-refractivity contribution in [3.63, 3.8) is 0 Å².